The Morgan fingerprint density at radius 1 is 1.19 bits per heavy atom. The van der Waals surface area contributed by atoms with Gasteiger partial charge in [-0.25, -0.2) is 9.97 Å². The quantitative estimate of drug-likeness (QED) is 0.471. The Bertz CT molecular complexity index is 1100. The Labute approximate surface area is 189 Å². The first-order valence-electron chi connectivity index (χ1n) is 11.1. The lowest BCUT2D eigenvalue weighted by Gasteiger charge is -2.47. The van der Waals surface area contributed by atoms with Crippen LogP contribution in [-0.4, -0.2) is 62.0 Å². The molecule has 32 heavy (non-hydrogen) atoms. The maximum Gasteiger partial charge on any atom is 0.252 e. The molecular formula is C25H33N5O2. The van der Waals surface area contributed by atoms with Crippen LogP contribution >= 0.6 is 0 Å². The minimum absolute atomic E-state index is 0.0387. The standard InChI is InChI=1S/C25H33N5O2/c1-6-9-19(7-2)16-21-26-17-20-10-11-23(32)30(24(20)27-21)15-14-29-13-12-28(22(31)8-3)18-25(29,4)5/h7-11,17H,2-3,6,12-16,18H2,1,4-5H3/b19-9+. The molecule has 1 aliphatic heterocycles. The van der Waals surface area contributed by atoms with Gasteiger partial charge in [0.1, 0.15) is 11.5 Å². The first kappa shape index (κ1) is 23.6. The Kier molecular flexibility index (Phi) is 7.40. The lowest BCUT2D eigenvalue weighted by Crippen LogP contribution is -2.60. The number of aromatic nitrogens is 3. The molecule has 0 unspecified atom stereocenters. The fourth-order valence-corrected chi connectivity index (χ4v) is 4.22. The highest BCUT2D eigenvalue weighted by molar-refractivity contribution is 5.87. The van der Waals surface area contributed by atoms with Crippen LogP contribution in [0.1, 0.15) is 33.0 Å². The van der Waals surface area contributed by atoms with Gasteiger partial charge in [-0.1, -0.05) is 32.2 Å². The Balaban J connectivity index is 1.83. The van der Waals surface area contributed by atoms with E-state index in [0.29, 0.717) is 44.1 Å². The summed E-state index contributed by atoms with van der Waals surface area (Å²) in [5.41, 5.74) is 1.45. The zero-order valence-electron chi connectivity index (χ0n) is 19.4. The van der Waals surface area contributed by atoms with Gasteiger partial charge >= 0.3 is 0 Å². The van der Waals surface area contributed by atoms with Gasteiger partial charge < -0.3 is 4.90 Å². The lowest BCUT2D eigenvalue weighted by molar-refractivity contribution is -0.131. The molecule has 1 fully saturated rings. The largest absolute Gasteiger partial charge is 0.336 e. The third-order valence-electron chi connectivity index (χ3n) is 6.02. The number of amides is 1. The van der Waals surface area contributed by atoms with Crippen molar-refractivity contribution < 1.29 is 4.79 Å². The molecule has 0 N–H and O–H groups in total. The van der Waals surface area contributed by atoms with E-state index >= 15 is 0 Å². The molecule has 0 saturated carbocycles. The van der Waals surface area contributed by atoms with Gasteiger partial charge in [0.05, 0.1) is 0 Å². The fraction of sp³-hybridized carbons (Fsp3) is 0.440. The first-order valence-corrected chi connectivity index (χ1v) is 11.1. The van der Waals surface area contributed by atoms with Crippen LogP contribution in [0.3, 0.4) is 0 Å². The molecule has 0 bridgehead atoms. The van der Waals surface area contributed by atoms with Crippen LogP contribution in [0.25, 0.3) is 11.0 Å². The first-order chi connectivity index (χ1) is 15.3. The number of allylic oxidation sites excluding steroid dienone is 3. The normalized spacial score (nSPS) is 16.8. The van der Waals surface area contributed by atoms with Crippen molar-refractivity contribution in [2.24, 2.45) is 0 Å². The molecule has 0 aliphatic carbocycles. The molecule has 7 heteroatoms. The minimum Gasteiger partial charge on any atom is -0.336 e. The smallest absolute Gasteiger partial charge is 0.252 e. The molecular weight excluding hydrogens is 402 g/mol. The van der Waals surface area contributed by atoms with E-state index in [9.17, 15) is 9.59 Å². The lowest BCUT2D eigenvalue weighted by atomic mass is 9.98. The van der Waals surface area contributed by atoms with Crippen molar-refractivity contribution in [1.29, 1.82) is 0 Å². The van der Waals surface area contributed by atoms with E-state index in [1.807, 2.05) is 11.0 Å². The predicted octanol–water partition coefficient (Wildman–Crippen LogP) is 2.97. The topological polar surface area (TPSA) is 71.3 Å². The third kappa shape index (κ3) is 5.22. The van der Waals surface area contributed by atoms with Crippen LogP contribution in [0.5, 0.6) is 0 Å². The van der Waals surface area contributed by atoms with Crippen molar-refractivity contribution in [3.63, 3.8) is 0 Å². The van der Waals surface area contributed by atoms with E-state index < -0.39 is 0 Å². The molecule has 0 aromatic carbocycles. The van der Waals surface area contributed by atoms with Gasteiger partial charge in [-0.05, 0) is 38.0 Å². The molecule has 7 nitrogen and oxygen atoms in total. The number of carbonyl (C=O) groups is 1. The zero-order valence-corrected chi connectivity index (χ0v) is 19.4. The van der Waals surface area contributed by atoms with Crippen LogP contribution in [0, 0.1) is 0 Å². The molecule has 3 heterocycles. The maximum atomic E-state index is 12.7. The molecule has 1 amide bonds. The van der Waals surface area contributed by atoms with Gasteiger partial charge in [-0.15, -0.1) is 0 Å². The number of hydrogen-bond donors (Lipinski definition) is 0. The van der Waals surface area contributed by atoms with Gasteiger partial charge in [0.25, 0.3) is 5.56 Å². The van der Waals surface area contributed by atoms with E-state index in [2.05, 4.69) is 49.9 Å². The average Bonchev–Trinajstić information content (AvgIpc) is 2.77. The summed E-state index contributed by atoms with van der Waals surface area (Å²) in [5, 5.41) is 0.841. The number of hydrogen-bond acceptors (Lipinski definition) is 5. The zero-order chi connectivity index (χ0) is 23.3. The molecule has 3 rings (SSSR count). The summed E-state index contributed by atoms with van der Waals surface area (Å²) in [7, 11) is 0. The molecule has 2 aromatic heterocycles. The Morgan fingerprint density at radius 3 is 2.62 bits per heavy atom. The van der Waals surface area contributed by atoms with Crippen molar-refractivity contribution in [2.45, 2.75) is 45.7 Å². The van der Waals surface area contributed by atoms with Crippen LogP contribution in [0.4, 0.5) is 0 Å². The molecule has 1 aliphatic rings. The Morgan fingerprint density at radius 2 is 1.97 bits per heavy atom. The van der Waals surface area contributed by atoms with Gasteiger partial charge in [-0.2, -0.15) is 0 Å². The van der Waals surface area contributed by atoms with E-state index in [1.54, 1.807) is 22.9 Å². The van der Waals surface area contributed by atoms with Gasteiger partial charge in [0.15, 0.2) is 0 Å². The van der Waals surface area contributed by atoms with Gasteiger partial charge in [0.2, 0.25) is 5.91 Å². The van der Waals surface area contributed by atoms with E-state index in [-0.39, 0.29) is 17.0 Å². The summed E-state index contributed by atoms with van der Waals surface area (Å²) < 4.78 is 1.73. The number of piperazine rings is 1. The molecule has 1 saturated heterocycles. The van der Waals surface area contributed by atoms with E-state index in [4.69, 9.17) is 4.98 Å². The monoisotopic (exact) mass is 435 g/mol. The van der Waals surface area contributed by atoms with Crippen LogP contribution in [0.15, 0.2) is 60.1 Å². The van der Waals surface area contributed by atoms with Crippen molar-refractivity contribution in [1.82, 2.24) is 24.3 Å². The molecule has 170 valence electrons. The summed E-state index contributed by atoms with van der Waals surface area (Å²) >= 11 is 0. The molecule has 0 radical (unpaired) electrons. The van der Waals surface area contributed by atoms with E-state index in [1.165, 1.54) is 6.08 Å². The number of rotatable bonds is 8. The minimum atomic E-state index is -0.199. The molecule has 0 spiro atoms. The second-order valence-electron chi connectivity index (χ2n) is 8.72. The van der Waals surface area contributed by atoms with Crippen molar-refractivity contribution in [3.05, 3.63) is 71.5 Å². The third-order valence-corrected chi connectivity index (χ3v) is 6.02. The fourth-order valence-electron chi connectivity index (χ4n) is 4.22. The second-order valence-corrected chi connectivity index (χ2v) is 8.72. The summed E-state index contributed by atoms with van der Waals surface area (Å²) in [6.45, 7) is 17.0. The van der Waals surface area contributed by atoms with Crippen LogP contribution in [-0.2, 0) is 17.8 Å². The van der Waals surface area contributed by atoms with Gasteiger partial charge in [0, 0.05) is 62.3 Å². The van der Waals surface area contributed by atoms with Crippen molar-refractivity contribution >= 4 is 16.9 Å². The number of carbonyl (C=O) groups excluding carboxylic acids is 1. The van der Waals surface area contributed by atoms with Crippen LogP contribution in [0.2, 0.25) is 0 Å². The Hall–Kier alpha value is -3.06. The summed E-state index contributed by atoms with van der Waals surface area (Å²) in [6.07, 6.45) is 8.59. The van der Waals surface area contributed by atoms with Crippen molar-refractivity contribution in [2.75, 3.05) is 26.2 Å². The van der Waals surface area contributed by atoms with Crippen LogP contribution < -0.4 is 5.56 Å². The number of nitrogens with zero attached hydrogens (tertiary/aromatic N) is 5. The maximum absolute atomic E-state index is 12.7. The highest BCUT2D eigenvalue weighted by Gasteiger charge is 2.34. The SMILES string of the molecule is C=CC(=O)N1CCN(CCn2c(=O)ccc3cnc(C/C(C=C)=C/CC)nc32)C(C)(C)C1. The van der Waals surface area contributed by atoms with Crippen molar-refractivity contribution in [3.8, 4) is 0 Å². The summed E-state index contributed by atoms with van der Waals surface area (Å²) in [5.74, 6) is 0.636. The summed E-state index contributed by atoms with van der Waals surface area (Å²) in [4.78, 5) is 38.1. The number of fused-ring (bicyclic) bond motifs is 1. The van der Waals surface area contributed by atoms with Gasteiger partial charge in [-0.3, -0.25) is 19.1 Å². The molecule has 2 aromatic rings. The predicted molar refractivity (Wildman–Crippen MR) is 129 cm³/mol. The average molecular weight is 436 g/mol. The second kappa shape index (κ2) is 10.0. The number of pyridine rings is 1. The summed E-state index contributed by atoms with van der Waals surface area (Å²) in [6, 6.07) is 3.35. The molecule has 0 atom stereocenters. The highest BCUT2D eigenvalue weighted by atomic mass is 16.2. The van der Waals surface area contributed by atoms with E-state index in [0.717, 1.165) is 23.9 Å². The highest BCUT2D eigenvalue weighted by Crippen LogP contribution is 2.21.